The predicted molar refractivity (Wildman–Crippen MR) is 145 cm³/mol. The highest BCUT2D eigenvalue weighted by atomic mass is 16.5. The van der Waals surface area contributed by atoms with E-state index in [0.29, 0.717) is 23.8 Å². The number of alkyl carbamates (subject to hydrolysis) is 1. The molecule has 0 aliphatic carbocycles. The van der Waals surface area contributed by atoms with Crippen LogP contribution in [0.1, 0.15) is 28.7 Å². The molecule has 4 rings (SSSR count). The number of hydrogen-bond donors (Lipinski definition) is 1. The molecule has 0 saturated carbocycles. The molecule has 1 fully saturated rings. The monoisotopic (exact) mass is 502 g/mol. The van der Waals surface area contributed by atoms with Crippen LogP contribution in [-0.2, 0) is 17.9 Å². The van der Waals surface area contributed by atoms with Gasteiger partial charge in [0.2, 0.25) is 0 Å². The maximum Gasteiger partial charge on any atom is 0.407 e. The second-order valence-corrected chi connectivity index (χ2v) is 8.94. The van der Waals surface area contributed by atoms with Gasteiger partial charge in [-0.3, -0.25) is 4.90 Å². The zero-order chi connectivity index (χ0) is 26.0. The maximum absolute atomic E-state index is 12.4. The second-order valence-electron chi connectivity index (χ2n) is 8.94. The van der Waals surface area contributed by atoms with Gasteiger partial charge in [-0.2, -0.15) is 0 Å². The molecule has 1 unspecified atom stereocenters. The minimum absolute atomic E-state index is 0.0215. The number of hydrogen-bond acceptors (Lipinski definition) is 6. The number of benzene rings is 3. The Balaban J connectivity index is 1.24. The van der Waals surface area contributed by atoms with Crippen molar-refractivity contribution in [3.63, 3.8) is 0 Å². The van der Waals surface area contributed by atoms with E-state index in [1.54, 1.807) is 21.3 Å². The van der Waals surface area contributed by atoms with E-state index in [9.17, 15) is 4.79 Å². The van der Waals surface area contributed by atoms with Gasteiger partial charge in [0.1, 0.15) is 23.9 Å². The minimum Gasteiger partial charge on any atom is -0.496 e. The summed E-state index contributed by atoms with van der Waals surface area (Å²) in [5.41, 5.74) is 4.14. The van der Waals surface area contributed by atoms with Gasteiger partial charge in [0.05, 0.1) is 26.9 Å². The fraction of sp³-hybridized carbons (Fsp3) is 0.300. The highest BCUT2D eigenvalue weighted by molar-refractivity contribution is 5.70. The summed E-state index contributed by atoms with van der Waals surface area (Å²) in [6, 6.07) is 21.9. The smallest absolute Gasteiger partial charge is 0.407 e. The summed E-state index contributed by atoms with van der Waals surface area (Å²) in [4.78, 5) is 14.7. The highest BCUT2D eigenvalue weighted by Gasteiger charge is 2.26. The van der Waals surface area contributed by atoms with E-state index >= 15 is 0 Å². The van der Waals surface area contributed by atoms with Crippen LogP contribution in [0.5, 0.6) is 17.2 Å². The van der Waals surface area contributed by atoms with Crippen LogP contribution in [0.15, 0.2) is 66.7 Å². The van der Waals surface area contributed by atoms with Crippen molar-refractivity contribution in [1.29, 1.82) is 0 Å². The lowest BCUT2D eigenvalue weighted by molar-refractivity contribution is 0.135. The SMILES string of the molecule is COc1cc(OC)c(CN2CCC(NC(=O)OCc3ccc(/C=C/c4ccccc4)cc3)C2)c(OC)c1. The Morgan fingerprint density at radius 1 is 0.919 bits per heavy atom. The predicted octanol–water partition coefficient (Wildman–Crippen LogP) is 5.38. The second kappa shape index (κ2) is 12.8. The van der Waals surface area contributed by atoms with Crippen LogP contribution in [0, 0.1) is 0 Å². The number of ether oxygens (including phenoxy) is 4. The Hall–Kier alpha value is -3.97. The normalized spacial score (nSPS) is 15.5. The molecule has 0 radical (unpaired) electrons. The van der Waals surface area contributed by atoms with E-state index < -0.39 is 6.09 Å². The average Bonchev–Trinajstić information content (AvgIpc) is 3.38. The molecule has 1 heterocycles. The molecule has 3 aromatic carbocycles. The van der Waals surface area contributed by atoms with Crippen molar-refractivity contribution < 1.29 is 23.7 Å². The summed E-state index contributed by atoms with van der Waals surface area (Å²) < 4.78 is 21.9. The van der Waals surface area contributed by atoms with Gasteiger partial charge in [-0.15, -0.1) is 0 Å². The highest BCUT2D eigenvalue weighted by Crippen LogP contribution is 2.35. The fourth-order valence-corrected chi connectivity index (χ4v) is 4.39. The number of carbonyl (C=O) groups excluding carboxylic acids is 1. The summed E-state index contributed by atoms with van der Waals surface area (Å²) >= 11 is 0. The largest absolute Gasteiger partial charge is 0.496 e. The Morgan fingerprint density at radius 3 is 2.19 bits per heavy atom. The lowest BCUT2D eigenvalue weighted by Crippen LogP contribution is -2.37. The van der Waals surface area contributed by atoms with Crippen LogP contribution >= 0.6 is 0 Å². The standard InChI is InChI=1S/C30H34N2O5/c1-34-26-17-28(35-2)27(29(18-26)36-3)20-32-16-15-25(19-32)31-30(33)37-21-24-13-11-23(12-14-24)10-9-22-7-5-4-6-8-22/h4-14,17-18,25H,15-16,19-21H2,1-3H3,(H,31,33)/b10-9+. The van der Waals surface area contributed by atoms with Crippen LogP contribution in [0.3, 0.4) is 0 Å². The summed E-state index contributed by atoms with van der Waals surface area (Å²) in [5, 5.41) is 2.99. The maximum atomic E-state index is 12.4. The summed E-state index contributed by atoms with van der Waals surface area (Å²) in [5.74, 6) is 2.11. The van der Waals surface area contributed by atoms with Gasteiger partial charge >= 0.3 is 6.09 Å². The van der Waals surface area contributed by atoms with E-state index in [1.807, 2.05) is 54.6 Å². The number of nitrogens with zero attached hydrogens (tertiary/aromatic N) is 1. The van der Waals surface area contributed by atoms with Crippen LogP contribution in [0.4, 0.5) is 4.79 Å². The molecule has 194 valence electrons. The molecular weight excluding hydrogens is 468 g/mol. The molecule has 0 spiro atoms. The third-order valence-corrected chi connectivity index (χ3v) is 6.41. The molecule has 1 saturated heterocycles. The van der Waals surface area contributed by atoms with Crippen LogP contribution < -0.4 is 19.5 Å². The molecule has 37 heavy (non-hydrogen) atoms. The summed E-state index contributed by atoms with van der Waals surface area (Å²) in [6.07, 6.45) is 4.58. The fourth-order valence-electron chi connectivity index (χ4n) is 4.39. The Bertz CT molecular complexity index is 1170. The van der Waals surface area contributed by atoms with Crippen molar-refractivity contribution in [1.82, 2.24) is 10.2 Å². The molecule has 7 heteroatoms. The van der Waals surface area contributed by atoms with Crippen molar-refractivity contribution in [2.45, 2.75) is 25.6 Å². The zero-order valence-electron chi connectivity index (χ0n) is 21.6. The molecule has 1 amide bonds. The lowest BCUT2D eigenvalue weighted by Gasteiger charge is -2.21. The van der Waals surface area contributed by atoms with Gasteiger partial charge in [0.15, 0.2) is 0 Å². The minimum atomic E-state index is -0.403. The zero-order valence-corrected chi connectivity index (χ0v) is 21.6. The Labute approximate surface area is 218 Å². The summed E-state index contributed by atoms with van der Waals surface area (Å²) in [7, 11) is 4.89. The van der Waals surface area contributed by atoms with Gasteiger partial charge in [-0.1, -0.05) is 66.7 Å². The quantitative estimate of drug-likeness (QED) is 0.375. The average molecular weight is 503 g/mol. The van der Waals surface area contributed by atoms with Gasteiger partial charge in [0, 0.05) is 37.8 Å². The molecule has 1 aliphatic rings. The first-order chi connectivity index (χ1) is 18.1. The number of nitrogens with one attached hydrogen (secondary N) is 1. The van der Waals surface area contributed by atoms with E-state index in [2.05, 4.69) is 34.5 Å². The summed E-state index contributed by atoms with van der Waals surface area (Å²) in [6.45, 7) is 2.44. The van der Waals surface area contributed by atoms with Crippen LogP contribution in [0.2, 0.25) is 0 Å². The van der Waals surface area contributed by atoms with Crippen LogP contribution in [-0.4, -0.2) is 51.5 Å². The number of rotatable bonds is 10. The number of amides is 1. The van der Waals surface area contributed by atoms with Gasteiger partial charge in [-0.25, -0.2) is 4.79 Å². The van der Waals surface area contributed by atoms with Gasteiger partial charge in [-0.05, 0) is 23.1 Å². The van der Waals surface area contributed by atoms with Gasteiger partial charge in [0.25, 0.3) is 0 Å². The van der Waals surface area contributed by atoms with Crippen molar-refractivity contribution in [3.05, 3.63) is 89.0 Å². The number of methoxy groups -OCH3 is 3. The topological polar surface area (TPSA) is 69.3 Å². The van der Waals surface area contributed by atoms with Crippen molar-refractivity contribution >= 4 is 18.2 Å². The number of carbonyl (C=O) groups is 1. The molecule has 1 N–H and O–H groups in total. The molecule has 0 bridgehead atoms. The molecule has 1 aliphatic heterocycles. The number of likely N-dealkylation sites (tertiary alicyclic amines) is 1. The first-order valence-electron chi connectivity index (χ1n) is 12.3. The third-order valence-electron chi connectivity index (χ3n) is 6.41. The van der Waals surface area contributed by atoms with Crippen molar-refractivity contribution in [2.24, 2.45) is 0 Å². The van der Waals surface area contributed by atoms with E-state index in [-0.39, 0.29) is 12.6 Å². The van der Waals surface area contributed by atoms with Crippen molar-refractivity contribution in [3.8, 4) is 17.2 Å². The molecule has 0 aromatic heterocycles. The van der Waals surface area contributed by atoms with Crippen LogP contribution in [0.25, 0.3) is 12.2 Å². The van der Waals surface area contributed by atoms with E-state index in [4.69, 9.17) is 18.9 Å². The Kier molecular flexibility index (Phi) is 9.05. The first-order valence-corrected chi connectivity index (χ1v) is 12.3. The Morgan fingerprint density at radius 2 is 1.57 bits per heavy atom. The molecule has 7 nitrogen and oxygen atoms in total. The molecule has 3 aromatic rings. The third kappa shape index (κ3) is 7.27. The van der Waals surface area contributed by atoms with Crippen molar-refractivity contribution in [2.75, 3.05) is 34.4 Å². The molecular formula is C30H34N2O5. The lowest BCUT2D eigenvalue weighted by atomic mass is 10.1. The molecule has 1 atom stereocenters. The first kappa shape index (κ1) is 26.1. The van der Waals surface area contributed by atoms with Gasteiger partial charge < -0.3 is 24.3 Å². The van der Waals surface area contributed by atoms with E-state index in [1.165, 1.54) is 0 Å². The van der Waals surface area contributed by atoms with E-state index in [0.717, 1.165) is 41.8 Å².